The van der Waals surface area contributed by atoms with Crippen LogP contribution in [-0.4, -0.2) is 24.4 Å². The lowest BCUT2D eigenvalue weighted by atomic mass is 10.1. The number of hydrogen-bond acceptors (Lipinski definition) is 2. The maximum Gasteiger partial charge on any atom is 0.263 e. The van der Waals surface area contributed by atoms with Gasteiger partial charge in [0.1, 0.15) is 0 Å². The Morgan fingerprint density at radius 2 is 2.00 bits per heavy atom. The lowest BCUT2D eigenvalue weighted by molar-refractivity contribution is 0.0801. The standard InChI is InChI=1S/C15H16BrNOS/c1-11-10-13(19-14(11)16)15(18)17(2)9-8-12-6-4-3-5-7-12/h3-7,10H,8-9H2,1-2H3. The molecular weight excluding hydrogens is 322 g/mol. The Kier molecular flexibility index (Phi) is 4.77. The van der Waals surface area contributed by atoms with Gasteiger partial charge in [-0.25, -0.2) is 0 Å². The molecule has 0 bridgehead atoms. The summed E-state index contributed by atoms with van der Waals surface area (Å²) in [5.41, 5.74) is 2.37. The number of carbonyl (C=O) groups is 1. The van der Waals surface area contributed by atoms with Crippen LogP contribution in [0.3, 0.4) is 0 Å². The molecule has 0 spiro atoms. The molecule has 100 valence electrons. The second kappa shape index (κ2) is 6.35. The minimum atomic E-state index is 0.0923. The average molecular weight is 338 g/mol. The van der Waals surface area contributed by atoms with Crippen LogP contribution in [0.15, 0.2) is 40.2 Å². The number of benzene rings is 1. The van der Waals surface area contributed by atoms with Gasteiger partial charge in [0.2, 0.25) is 0 Å². The van der Waals surface area contributed by atoms with E-state index in [1.165, 1.54) is 16.9 Å². The van der Waals surface area contributed by atoms with Crippen LogP contribution in [-0.2, 0) is 6.42 Å². The zero-order valence-corrected chi connectivity index (χ0v) is 13.4. The molecule has 19 heavy (non-hydrogen) atoms. The number of aryl methyl sites for hydroxylation is 1. The van der Waals surface area contributed by atoms with Crippen molar-refractivity contribution in [1.82, 2.24) is 4.90 Å². The molecule has 2 rings (SSSR count). The minimum Gasteiger partial charge on any atom is -0.341 e. The highest BCUT2D eigenvalue weighted by molar-refractivity contribution is 9.11. The Morgan fingerprint density at radius 1 is 1.32 bits per heavy atom. The van der Waals surface area contributed by atoms with Gasteiger partial charge in [-0.2, -0.15) is 0 Å². The fourth-order valence-electron chi connectivity index (χ4n) is 1.80. The molecule has 0 radical (unpaired) electrons. The second-order valence-electron chi connectivity index (χ2n) is 4.53. The average Bonchev–Trinajstić information content (AvgIpc) is 2.76. The van der Waals surface area contributed by atoms with E-state index in [1.807, 2.05) is 38.2 Å². The smallest absolute Gasteiger partial charge is 0.263 e. The van der Waals surface area contributed by atoms with E-state index in [9.17, 15) is 4.79 Å². The maximum absolute atomic E-state index is 12.2. The first kappa shape index (κ1) is 14.3. The quantitative estimate of drug-likeness (QED) is 0.821. The van der Waals surface area contributed by atoms with Gasteiger partial charge < -0.3 is 4.90 Å². The summed E-state index contributed by atoms with van der Waals surface area (Å²) in [5.74, 6) is 0.0923. The molecule has 1 amide bonds. The summed E-state index contributed by atoms with van der Waals surface area (Å²) in [6, 6.07) is 12.2. The van der Waals surface area contributed by atoms with Gasteiger partial charge in [0.25, 0.3) is 5.91 Å². The van der Waals surface area contributed by atoms with Crippen LogP contribution in [0.25, 0.3) is 0 Å². The third kappa shape index (κ3) is 3.67. The number of amides is 1. The summed E-state index contributed by atoms with van der Waals surface area (Å²) < 4.78 is 1.03. The summed E-state index contributed by atoms with van der Waals surface area (Å²) in [6.45, 7) is 2.73. The van der Waals surface area contributed by atoms with Gasteiger partial charge in [-0.15, -0.1) is 11.3 Å². The van der Waals surface area contributed by atoms with Crippen LogP contribution >= 0.6 is 27.3 Å². The van der Waals surface area contributed by atoms with Crippen LogP contribution < -0.4 is 0 Å². The first-order valence-electron chi connectivity index (χ1n) is 6.13. The number of nitrogens with zero attached hydrogens (tertiary/aromatic N) is 1. The lowest BCUT2D eigenvalue weighted by Gasteiger charge is -2.16. The molecule has 2 nitrogen and oxygen atoms in total. The van der Waals surface area contributed by atoms with E-state index in [0.29, 0.717) is 0 Å². The Hall–Kier alpha value is -1.13. The van der Waals surface area contributed by atoms with E-state index in [2.05, 4.69) is 28.1 Å². The Labute approximate surface area is 126 Å². The molecule has 0 N–H and O–H groups in total. The number of hydrogen-bond donors (Lipinski definition) is 0. The SMILES string of the molecule is Cc1cc(C(=O)N(C)CCc2ccccc2)sc1Br. The van der Waals surface area contributed by atoms with E-state index in [-0.39, 0.29) is 5.91 Å². The zero-order valence-electron chi connectivity index (χ0n) is 11.0. The number of likely N-dealkylation sites (N-methyl/N-ethyl adjacent to an activating group) is 1. The summed E-state index contributed by atoms with van der Waals surface area (Å²) in [7, 11) is 1.86. The van der Waals surface area contributed by atoms with Crippen molar-refractivity contribution < 1.29 is 4.79 Å². The zero-order chi connectivity index (χ0) is 13.8. The van der Waals surface area contributed by atoms with Crippen molar-refractivity contribution >= 4 is 33.2 Å². The van der Waals surface area contributed by atoms with Crippen molar-refractivity contribution in [1.29, 1.82) is 0 Å². The highest BCUT2D eigenvalue weighted by Crippen LogP contribution is 2.28. The van der Waals surface area contributed by atoms with Crippen molar-refractivity contribution in [2.45, 2.75) is 13.3 Å². The molecule has 1 aromatic carbocycles. The molecule has 1 aromatic heterocycles. The number of carbonyl (C=O) groups excluding carboxylic acids is 1. The van der Waals surface area contributed by atoms with Gasteiger partial charge in [-0.05, 0) is 46.5 Å². The predicted octanol–water partition coefficient (Wildman–Crippen LogP) is 4.13. The lowest BCUT2D eigenvalue weighted by Crippen LogP contribution is -2.28. The van der Waals surface area contributed by atoms with Crippen LogP contribution in [0, 0.1) is 6.92 Å². The van der Waals surface area contributed by atoms with Crippen molar-refractivity contribution in [2.24, 2.45) is 0 Å². The number of halogens is 1. The van der Waals surface area contributed by atoms with Crippen molar-refractivity contribution in [3.8, 4) is 0 Å². The van der Waals surface area contributed by atoms with E-state index in [4.69, 9.17) is 0 Å². The maximum atomic E-state index is 12.2. The predicted molar refractivity (Wildman–Crippen MR) is 83.9 cm³/mol. The van der Waals surface area contributed by atoms with Crippen LogP contribution in [0.4, 0.5) is 0 Å². The molecule has 1 heterocycles. The van der Waals surface area contributed by atoms with Gasteiger partial charge >= 0.3 is 0 Å². The van der Waals surface area contributed by atoms with Crippen LogP contribution in [0.1, 0.15) is 20.8 Å². The summed E-state index contributed by atoms with van der Waals surface area (Å²) in [5, 5.41) is 0. The van der Waals surface area contributed by atoms with Gasteiger partial charge in [-0.3, -0.25) is 4.79 Å². The number of rotatable bonds is 4. The van der Waals surface area contributed by atoms with Gasteiger partial charge in [0, 0.05) is 13.6 Å². The monoisotopic (exact) mass is 337 g/mol. The van der Waals surface area contributed by atoms with Crippen LogP contribution in [0.5, 0.6) is 0 Å². The Bertz CT molecular complexity index is 545. The molecule has 0 aliphatic rings. The third-order valence-electron chi connectivity index (χ3n) is 2.99. The largest absolute Gasteiger partial charge is 0.341 e. The Morgan fingerprint density at radius 3 is 2.58 bits per heavy atom. The topological polar surface area (TPSA) is 20.3 Å². The van der Waals surface area contributed by atoms with Crippen molar-refractivity contribution in [2.75, 3.05) is 13.6 Å². The molecule has 0 fully saturated rings. The third-order valence-corrected chi connectivity index (χ3v) is 5.12. The molecule has 2 aromatic rings. The summed E-state index contributed by atoms with van der Waals surface area (Å²) in [4.78, 5) is 14.8. The van der Waals surface area contributed by atoms with Gasteiger partial charge in [0.05, 0.1) is 8.66 Å². The molecule has 0 saturated carbocycles. The van der Waals surface area contributed by atoms with Gasteiger partial charge in [-0.1, -0.05) is 30.3 Å². The molecule has 0 unspecified atom stereocenters. The first-order valence-corrected chi connectivity index (χ1v) is 7.74. The molecule has 0 atom stereocenters. The van der Waals surface area contributed by atoms with Gasteiger partial charge in [0.15, 0.2) is 0 Å². The molecule has 0 aliphatic heterocycles. The van der Waals surface area contributed by atoms with E-state index in [1.54, 1.807) is 4.90 Å². The highest BCUT2D eigenvalue weighted by atomic mass is 79.9. The molecule has 4 heteroatoms. The minimum absolute atomic E-state index is 0.0923. The summed E-state index contributed by atoms with van der Waals surface area (Å²) in [6.07, 6.45) is 0.884. The van der Waals surface area contributed by atoms with E-state index < -0.39 is 0 Å². The van der Waals surface area contributed by atoms with Crippen molar-refractivity contribution in [3.05, 3.63) is 56.2 Å². The molecule has 0 saturated heterocycles. The first-order chi connectivity index (χ1) is 9.08. The molecular formula is C15H16BrNOS. The fraction of sp³-hybridized carbons (Fsp3) is 0.267. The normalized spacial score (nSPS) is 10.5. The Balaban J connectivity index is 1.96. The highest BCUT2D eigenvalue weighted by Gasteiger charge is 2.15. The van der Waals surface area contributed by atoms with E-state index in [0.717, 1.165) is 27.2 Å². The van der Waals surface area contributed by atoms with Crippen LogP contribution in [0.2, 0.25) is 0 Å². The van der Waals surface area contributed by atoms with E-state index >= 15 is 0 Å². The number of thiophene rings is 1. The summed E-state index contributed by atoms with van der Waals surface area (Å²) >= 11 is 4.95. The van der Waals surface area contributed by atoms with Crippen molar-refractivity contribution in [3.63, 3.8) is 0 Å². The molecule has 0 aliphatic carbocycles. The fourth-order valence-corrected chi connectivity index (χ4v) is 3.33. The second-order valence-corrected chi connectivity index (χ2v) is 6.90.